The van der Waals surface area contributed by atoms with Crippen LogP contribution in [0, 0.1) is 11.7 Å². The molecule has 7 heteroatoms. The zero-order chi connectivity index (χ0) is 16.0. The highest BCUT2D eigenvalue weighted by Crippen LogP contribution is 2.24. The van der Waals surface area contributed by atoms with Gasteiger partial charge in [0.2, 0.25) is 0 Å². The minimum Gasteiger partial charge on any atom is -0.494 e. The lowest BCUT2D eigenvalue weighted by atomic mass is 10.0. The summed E-state index contributed by atoms with van der Waals surface area (Å²) in [7, 11) is 1.34. The van der Waals surface area contributed by atoms with Gasteiger partial charge in [0.15, 0.2) is 0 Å². The van der Waals surface area contributed by atoms with Crippen LogP contribution in [0.3, 0.4) is 0 Å². The highest BCUT2D eigenvalue weighted by Gasteiger charge is 2.21. The van der Waals surface area contributed by atoms with E-state index in [1.807, 2.05) is 13.8 Å². The number of carboxylic acids is 1. The fourth-order valence-electron chi connectivity index (χ4n) is 1.78. The summed E-state index contributed by atoms with van der Waals surface area (Å²) in [5.41, 5.74) is 0.255. The van der Waals surface area contributed by atoms with Crippen LogP contribution in [0.4, 0.5) is 14.9 Å². The normalized spacial score (nSPS) is 11.9. The SMILES string of the molecule is COc1cc(F)ccc1NC(=O)NC(CC(C)C)C(=O)O. The fourth-order valence-corrected chi connectivity index (χ4v) is 1.78. The molecule has 0 aliphatic heterocycles. The van der Waals surface area contributed by atoms with Crippen molar-refractivity contribution in [2.24, 2.45) is 5.92 Å². The molecule has 0 spiro atoms. The van der Waals surface area contributed by atoms with Crippen molar-refractivity contribution in [2.75, 3.05) is 12.4 Å². The second-order valence-electron chi connectivity index (χ2n) is 4.96. The number of halogens is 1. The van der Waals surface area contributed by atoms with Gasteiger partial charge in [0.25, 0.3) is 0 Å². The van der Waals surface area contributed by atoms with Crippen molar-refractivity contribution in [3.63, 3.8) is 0 Å². The highest BCUT2D eigenvalue weighted by molar-refractivity contribution is 5.93. The van der Waals surface area contributed by atoms with Crippen LogP contribution in [0.15, 0.2) is 18.2 Å². The molecule has 1 aromatic carbocycles. The van der Waals surface area contributed by atoms with Gasteiger partial charge < -0.3 is 20.5 Å². The lowest BCUT2D eigenvalue weighted by Gasteiger charge is -2.17. The van der Waals surface area contributed by atoms with E-state index in [-0.39, 0.29) is 17.4 Å². The maximum absolute atomic E-state index is 13.0. The molecule has 0 saturated heterocycles. The van der Waals surface area contributed by atoms with Crippen molar-refractivity contribution in [2.45, 2.75) is 26.3 Å². The molecule has 21 heavy (non-hydrogen) atoms. The molecule has 1 unspecified atom stereocenters. The number of anilines is 1. The number of methoxy groups -OCH3 is 1. The van der Waals surface area contributed by atoms with E-state index in [0.29, 0.717) is 6.42 Å². The van der Waals surface area contributed by atoms with Crippen LogP contribution >= 0.6 is 0 Å². The van der Waals surface area contributed by atoms with Crippen LogP contribution in [0.5, 0.6) is 5.75 Å². The minimum atomic E-state index is -1.11. The third kappa shape index (κ3) is 5.29. The summed E-state index contributed by atoms with van der Waals surface area (Å²) in [6.07, 6.45) is 0.309. The lowest BCUT2D eigenvalue weighted by molar-refractivity contribution is -0.139. The molecule has 1 aromatic rings. The monoisotopic (exact) mass is 298 g/mol. The Morgan fingerprint density at radius 1 is 1.38 bits per heavy atom. The molecule has 0 aliphatic carbocycles. The Labute approximate surface area is 122 Å². The van der Waals surface area contributed by atoms with Gasteiger partial charge in [0.05, 0.1) is 12.8 Å². The van der Waals surface area contributed by atoms with Crippen molar-refractivity contribution in [1.82, 2.24) is 5.32 Å². The third-order valence-corrected chi connectivity index (χ3v) is 2.72. The Hall–Kier alpha value is -2.31. The van der Waals surface area contributed by atoms with Gasteiger partial charge in [-0.1, -0.05) is 13.8 Å². The third-order valence-electron chi connectivity index (χ3n) is 2.72. The summed E-state index contributed by atoms with van der Waals surface area (Å²) in [4.78, 5) is 22.9. The van der Waals surface area contributed by atoms with Gasteiger partial charge in [0.1, 0.15) is 17.6 Å². The molecule has 2 amide bonds. The van der Waals surface area contributed by atoms with Crippen LogP contribution in [0.25, 0.3) is 0 Å². The average Bonchev–Trinajstić information content (AvgIpc) is 2.39. The minimum absolute atomic E-state index is 0.117. The number of hydrogen-bond donors (Lipinski definition) is 3. The summed E-state index contributed by atoms with van der Waals surface area (Å²) in [6, 6.07) is 1.95. The molecule has 0 bridgehead atoms. The highest BCUT2D eigenvalue weighted by atomic mass is 19.1. The summed E-state index contributed by atoms with van der Waals surface area (Å²) in [5.74, 6) is -1.33. The van der Waals surface area contributed by atoms with E-state index in [1.165, 1.54) is 19.2 Å². The van der Waals surface area contributed by atoms with Gasteiger partial charge >= 0.3 is 12.0 Å². The zero-order valence-corrected chi connectivity index (χ0v) is 12.1. The zero-order valence-electron chi connectivity index (χ0n) is 12.1. The number of aliphatic carboxylic acids is 1. The number of carboxylic acid groups (broad SMARTS) is 1. The molecule has 0 saturated carbocycles. The molecule has 3 N–H and O–H groups in total. The number of carbonyl (C=O) groups excluding carboxylic acids is 1. The van der Waals surface area contributed by atoms with Crippen LogP contribution in [0.2, 0.25) is 0 Å². The molecular weight excluding hydrogens is 279 g/mol. The smallest absolute Gasteiger partial charge is 0.326 e. The maximum atomic E-state index is 13.0. The first-order valence-electron chi connectivity index (χ1n) is 6.47. The second-order valence-corrected chi connectivity index (χ2v) is 4.96. The number of carbonyl (C=O) groups is 2. The Kier molecular flexibility index (Phi) is 5.95. The summed E-state index contributed by atoms with van der Waals surface area (Å²) >= 11 is 0. The predicted octanol–water partition coefficient (Wildman–Crippen LogP) is 2.46. The molecular formula is C14H19FN2O4. The van der Waals surface area contributed by atoms with Crippen LogP contribution in [-0.4, -0.2) is 30.3 Å². The van der Waals surface area contributed by atoms with E-state index in [2.05, 4.69) is 10.6 Å². The number of rotatable bonds is 6. The quantitative estimate of drug-likeness (QED) is 0.752. The van der Waals surface area contributed by atoms with Crippen molar-refractivity contribution < 1.29 is 23.8 Å². The van der Waals surface area contributed by atoms with E-state index >= 15 is 0 Å². The Morgan fingerprint density at radius 3 is 2.57 bits per heavy atom. The summed E-state index contributed by atoms with van der Waals surface area (Å²) < 4.78 is 18.0. The molecule has 1 rings (SSSR count). The fraction of sp³-hybridized carbons (Fsp3) is 0.429. The number of benzene rings is 1. The summed E-state index contributed by atoms with van der Waals surface area (Å²) in [5, 5.41) is 13.9. The standard InChI is InChI=1S/C14H19FN2O4/c1-8(2)6-11(13(18)19)17-14(20)16-10-5-4-9(15)7-12(10)21-3/h4-5,7-8,11H,6H2,1-3H3,(H,18,19)(H2,16,17,20). The number of urea groups is 1. The van der Waals surface area contributed by atoms with Crippen LogP contribution < -0.4 is 15.4 Å². The van der Waals surface area contributed by atoms with Crippen LogP contribution in [-0.2, 0) is 4.79 Å². The van der Waals surface area contributed by atoms with Crippen molar-refractivity contribution in [3.05, 3.63) is 24.0 Å². The van der Waals surface area contributed by atoms with Gasteiger partial charge in [-0.2, -0.15) is 0 Å². The van der Waals surface area contributed by atoms with E-state index in [4.69, 9.17) is 9.84 Å². The Bertz CT molecular complexity index is 520. The second kappa shape index (κ2) is 7.47. The first-order chi connectivity index (χ1) is 9.83. The van der Waals surface area contributed by atoms with Gasteiger partial charge in [-0.3, -0.25) is 0 Å². The number of ether oxygens (including phenoxy) is 1. The topological polar surface area (TPSA) is 87.7 Å². The first kappa shape index (κ1) is 16.7. The van der Waals surface area contributed by atoms with Gasteiger partial charge in [-0.15, -0.1) is 0 Å². The Balaban J connectivity index is 2.74. The van der Waals surface area contributed by atoms with Crippen molar-refractivity contribution in [1.29, 1.82) is 0 Å². The van der Waals surface area contributed by atoms with E-state index in [0.717, 1.165) is 6.07 Å². The average molecular weight is 298 g/mol. The molecule has 0 radical (unpaired) electrons. The number of nitrogens with one attached hydrogen (secondary N) is 2. The summed E-state index contributed by atoms with van der Waals surface area (Å²) in [6.45, 7) is 3.72. The number of hydrogen-bond acceptors (Lipinski definition) is 3. The Morgan fingerprint density at radius 2 is 2.05 bits per heavy atom. The molecule has 0 heterocycles. The van der Waals surface area contributed by atoms with Crippen molar-refractivity contribution in [3.8, 4) is 5.75 Å². The largest absolute Gasteiger partial charge is 0.494 e. The van der Waals surface area contributed by atoms with Crippen LogP contribution in [0.1, 0.15) is 20.3 Å². The molecule has 1 atom stereocenters. The van der Waals surface area contributed by atoms with Gasteiger partial charge in [0, 0.05) is 6.07 Å². The first-order valence-corrected chi connectivity index (χ1v) is 6.47. The van der Waals surface area contributed by atoms with E-state index < -0.39 is 23.9 Å². The maximum Gasteiger partial charge on any atom is 0.326 e. The van der Waals surface area contributed by atoms with Gasteiger partial charge in [-0.25, -0.2) is 14.0 Å². The molecule has 6 nitrogen and oxygen atoms in total. The van der Waals surface area contributed by atoms with E-state index in [9.17, 15) is 14.0 Å². The van der Waals surface area contributed by atoms with Crippen molar-refractivity contribution >= 4 is 17.7 Å². The number of amides is 2. The van der Waals surface area contributed by atoms with E-state index in [1.54, 1.807) is 0 Å². The molecule has 0 aromatic heterocycles. The van der Waals surface area contributed by atoms with Gasteiger partial charge in [-0.05, 0) is 24.5 Å². The molecule has 0 aliphatic rings. The molecule has 116 valence electrons. The lowest BCUT2D eigenvalue weighted by Crippen LogP contribution is -2.43. The predicted molar refractivity (Wildman–Crippen MR) is 76.0 cm³/mol. The molecule has 0 fully saturated rings.